The van der Waals surface area contributed by atoms with Crippen LogP contribution in [0.2, 0.25) is 0 Å². The van der Waals surface area contributed by atoms with Gasteiger partial charge in [0, 0.05) is 7.05 Å². The number of rotatable bonds is 5. The molecule has 0 saturated heterocycles. The van der Waals surface area contributed by atoms with Crippen molar-refractivity contribution in [2.75, 3.05) is 6.54 Å². The average molecular weight is 326 g/mol. The smallest absolute Gasteiger partial charge is 0.123 e. The van der Waals surface area contributed by atoms with Crippen LogP contribution in [0.4, 0.5) is 4.39 Å². The maximum atomic E-state index is 13.1. The summed E-state index contributed by atoms with van der Waals surface area (Å²) in [5.74, 6) is -0.220. The lowest BCUT2D eigenvalue weighted by Gasteiger charge is -2.20. The zero-order valence-electron chi connectivity index (χ0n) is 11.0. The van der Waals surface area contributed by atoms with Gasteiger partial charge in [0.1, 0.15) is 5.82 Å². The second-order valence-corrected chi connectivity index (χ2v) is 5.29. The molecule has 1 heterocycles. The molecule has 0 aliphatic carbocycles. The van der Waals surface area contributed by atoms with Crippen LogP contribution in [0, 0.1) is 5.82 Å². The van der Waals surface area contributed by atoms with E-state index in [0.29, 0.717) is 0 Å². The van der Waals surface area contributed by atoms with Gasteiger partial charge in [-0.1, -0.05) is 19.1 Å². The van der Waals surface area contributed by atoms with E-state index in [2.05, 4.69) is 33.3 Å². The summed E-state index contributed by atoms with van der Waals surface area (Å²) in [5, 5.41) is 7.72. The molecule has 1 atom stereocenters. The molecule has 0 aliphatic rings. The van der Waals surface area contributed by atoms with Gasteiger partial charge < -0.3 is 5.32 Å². The summed E-state index contributed by atoms with van der Waals surface area (Å²) in [7, 11) is 1.91. The molecule has 2 rings (SSSR count). The fraction of sp³-hybridized carbons (Fsp3) is 0.357. The highest BCUT2D eigenvalue weighted by Gasteiger charge is 2.20. The Hall–Kier alpha value is -1.20. The number of hydrogen-bond donors (Lipinski definition) is 1. The summed E-state index contributed by atoms with van der Waals surface area (Å²) in [6.45, 7) is 3.01. The topological polar surface area (TPSA) is 29.9 Å². The maximum absolute atomic E-state index is 13.1. The van der Waals surface area contributed by atoms with Crippen LogP contribution in [-0.2, 0) is 7.05 Å². The number of aromatic nitrogens is 2. The number of aryl methyl sites for hydroxylation is 1. The summed E-state index contributed by atoms with van der Waals surface area (Å²) in [6.07, 6.45) is 2.81. The minimum absolute atomic E-state index is 0.00225. The van der Waals surface area contributed by atoms with Gasteiger partial charge >= 0.3 is 0 Å². The first-order valence-corrected chi connectivity index (χ1v) is 7.09. The summed E-state index contributed by atoms with van der Waals surface area (Å²) >= 11 is 3.52. The third-order valence-corrected chi connectivity index (χ3v) is 3.62. The minimum Gasteiger partial charge on any atom is -0.305 e. The molecule has 2 aromatic rings. The molecule has 1 aromatic carbocycles. The van der Waals surface area contributed by atoms with Crippen molar-refractivity contribution in [3.63, 3.8) is 0 Å². The van der Waals surface area contributed by atoms with E-state index in [9.17, 15) is 4.39 Å². The highest BCUT2D eigenvalue weighted by Crippen LogP contribution is 2.28. The molecule has 0 bridgehead atoms. The van der Waals surface area contributed by atoms with E-state index in [1.54, 1.807) is 6.20 Å². The largest absolute Gasteiger partial charge is 0.305 e. The van der Waals surface area contributed by atoms with Crippen LogP contribution in [0.5, 0.6) is 0 Å². The Morgan fingerprint density at radius 1 is 1.37 bits per heavy atom. The Kier molecular flexibility index (Phi) is 4.71. The summed E-state index contributed by atoms with van der Waals surface area (Å²) in [6, 6.07) is 6.59. The molecule has 1 aromatic heterocycles. The van der Waals surface area contributed by atoms with Crippen LogP contribution in [0.15, 0.2) is 34.9 Å². The third-order valence-electron chi connectivity index (χ3n) is 3.01. The Morgan fingerprint density at radius 2 is 2.05 bits per heavy atom. The van der Waals surface area contributed by atoms with E-state index in [0.717, 1.165) is 28.7 Å². The van der Waals surface area contributed by atoms with Crippen LogP contribution in [0.25, 0.3) is 0 Å². The Balaban J connectivity index is 2.38. The van der Waals surface area contributed by atoms with Crippen molar-refractivity contribution in [2.24, 2.45) is 7.05 Å². The molecule has 0 aliphatic heterocycles. The first-order valence-electron chi connectivity index (χ1n) is 6.29. The predicted octanol–water partition coefficient (Wildman–Crippen LogP) is 3.41. The van der Waals surface area contributed by atoms with Crippen LogP contribution < -0.4 is 5.32 Å². The molecule has 102 valence electrons. The molecular weight excluding hydrogens is 309 g/mol. The van der Waals surface area contributed by atoms with Crippen molar-refractivity contribution in [1.29, 1.82) is 0 Å². The summed E-state index contributed by atoms with van der Waals surface area (Å²) in [4.78, 5) is 0. The Bertz CT molecular complexity index is 517. The van der Waals surface area contributed by atoms with Gasteiger partial charge in [-0.05, 0) is 46.6 Å². The maximum Gasteiger partial charge on any atom is 0.123 e. The molecule has 0 saturated carbocycles. The first kappa shape index (κ1) is 14.2. The van der Waals surface area contributed by atoms with Gasteiger partial charge in [-0.15, -0.1) is 0 Å². The molecule has 5 heteroatoms. The van der Waals surface area contributed by atoms with Gasteiger partial charge in [0.05, 0.1) is 22.4 Å². The second-order valence-electron chi connectivity index (χ2n) is 4.44. The van der Waals surface area contributed by atoms with Gasteiger partial charge in [0.2, 0.25) is 0 Å². The monoisotopic (exact) mass is 325 g/mol. The first-order chi connectivity index (χ1) is 9.13. The van der Waals surface area contributed by atoms with E-state index in [1.165, 1.54) is 12.1 Å². The van der Waals surface area contributed by atoms with E-state index < -0.39 is 0 Å². The molecule has 19 heavy (non-hydrogen) atoms. The van der Waals surface area contributed by atoms with Crippen LogP contribution in [-0.4, -0.2) is 16.3 Å². The van der Waals surface area contributed by atoms with Gasteiger partial charge in [0.25, 0.3) is 0 Å². The molecule has 0 fully saturated rings. The SMILES string of the molecule is CCCNC(c1ccc(F)cc1)c1c(Br)cnn1C. The van der Waals surface area contributed by atoms with Gasteiger partial charge in [-0.25, -0.2) is 4.39 Å². The normalized spacial score (nSPS) is 12.6. The molecule has 0 radical (unpaired) electrons. The van der Waals surface area contributed by atoms with Crippen molar-refractivity contribution in [1.82, 2.24) is 15.1 Å². The molecule has 0 amide bonds. The highest BCUT2D eigenvalue weighted by atomic mass is 79.9. The van der Waals surface area contributed by atoms with E-state index in [1.807, 2.05) is 23.9 Å². The average Bonchev–Trinajstić information content (AvgIpc) is 2.73. The van der Waals surface area contributed by atoms with Gasteiger partial charge in [0.15, 0.2) is 0 Å². The lowest BCUT2D eigenvalue weighted by Crippen LogP contribution is -2.25. The minimum atomic E-state index is -0.220. The third kappa shape index (κ3) is 3.22. The molecule has 0 spiro atoms. The predicted molar refractivity (Wildman–Crippen MR) is 77.4 cm³/mol. The molecular formula is C14H17BrFN3. The molecule has 1 N–H and O–H groups in total. The van der Waals surface area contributed by atoms with E-state index in [4.69, 9.17) is 0 Å². The van der Waals surface area contributed by atoms with Crippen LogP contribution in [0.1, 0.15) is 30.6 Å². The second kappa shape index (κ2) is 6.30. The van der Waals surface area contributed by atoms with Gasteiger partial charge in [-0.2, -0.15) is 5.10 Å². The number of hydrogen-bond acceptors (Lipinski definition) is 2. The van der Waals surface area contributed by atoms with Crippen molar-refractivity contribution in [3.8, 4) is 0 Å². The van der Waals surface area contributed by atoms with E-state index in [-0.39, 0.29) is 11.9 Å². The number of nitrogens with one attached hydrogen (secondary N) is 1. The Morgan fingerprint density at radius 3 is 2.58 bits per heavy atom. The zero-order valence-corrected chi connectivity index (χ0v) is 12.6. The van der Waals surface area contributed by atoms with Crippen LogP contribution >= 0.6 is 15.9 Å². The lowest BCUT2D eigenvalue weighted by atomic mass is 10.0. The van der Waals surface area contributed by atoms with E-state index >= 15 is 0 Å². The number of nitrogens with zero attached hydrogens (tertiary/aromatic N) is 2. The summed E-state index contributed by atoms with van der Waals surface area (Å²) < 4.78 is 15.8. The van der Waals surface area contributed by atoms with Gasteiger partial charge in [-0.3, -0.25) is 4.68 Å². The van der Waals surface area contributed by atoms with Crippen molar-refractivity contribution in [3.05, 3.63) is 52.0 Å². The fourth-order valence-corrected chi connectivity index (χ4v) is 2.64. The quantitative estimate of drug-likeness (QED) is 0.912. The zero-order chi connectivity index (χ0) is 13.8. The van der Waals surface area contributed by atoms with Crippen molar-refractivity contribution < 1.29 is 4.39 Å². The lowest BCUT2D eigenvalue weighted by molar-refractivity contribution is 0.550. The highest BCUT2D eigenvalue weighted by molar-refractivity contribution is 9.10. The number of halogens is 2. The van der Waals surface area contributed by atoms with Crippen LogP contribution in [0.3, 0.4) is 0 Å². The molecule has 1 unspecified atom stereocenters. The molecule has 3 nitrogen and oxygen atoms in total. The van der Waals surface area contributed by atoms with Crippen molar-refractivity contribution in [2.45, 2.75) is 19.4 Å². The van der Waals surface area contributed by atoms with Crippen molar-refractivity contribution >= 4 is 15.9 Å². The Labute approximate surface area is 121 Å². The fourth-order valence-electron chi connectivity index (χ4n) is 2.06. The summed E-state index contributed by atoms with van der Waals surface area (Å²) in [5.41, 5.74) is 2.07. The number of benzene rings is 1. The standard InChI is InChI=1S/C14H17BrFN3/c1-3-8-17-13(10-4-6-11(16)7-5-10)14-12(15)9-18-19(14)2/h4-7,9,13,17H,3,8H2,1-2H3.